The Labute approximate surface area is 123 Å². The van der Waals surface area contributed by atoms with Crippen LogP contribution in [-0.4, -0.2) is 35.0 Å². The highest BCUT2D eigenvalue weighted by Crippen LogP contribution is 2.31. The van der Waals surface area contributed by atoms with Crippen LogP contribution in [0.5, 0.6) is 5.88 Å². The van der Waals surface area contributed by atoms with E-state index in [0.717, 1.165) is 18.3 Å². The van der Waals surface area contributed by atoms with Crippen molar-refractivity contribution in [2.45, 2.75) is 12.3 Å². The molecule has 0 aromatic carbocycles. The molecule has 0 atom stereocenters. The molecule has 1 aliphatic rings. The van der Waals surface area contributed by atoms with Crippen LogP contribution in [0.3, 0.4) is 0 Å². The first-order chi connectivity index (χ1) is 10.4. The number of halogens is 3. The minimum Gasteiger partial charge on any atom is -0.472 e. The lowest BCUT2D eigenvalue weighted by Gasteiger charge is -2.38. The van der Waals surface area contributed by atoms with Crippen LogP contribution in [0.15, 0.2) is 41.3 Å². The average molecular weight is 312 g/mol. The van der Waals surface area contributed by atoms with E-state index in [2.05, 4.69) is 4.98 Å². The molecule has 1 amide bonds. The molecule has 0 N–H and O–H groups in total. The van der Waals surface area contributed by atoms with Crippen LogP contribution in [0.4, 0.5) is 13.2 Å². The average Bonchev–Trinajstić information content (AvgIpc) is 2.95. The topological polar surface area (TPSA) is 55.6 Å². The lowest BCUT2D eigenvalue weighted by molar-refractivity contribution is -0.137. The van der Waals surface area contributed by atoms with E-state index in [9.17, 15) is 18.0 Å². The maximum atomic E-state index is 12.6. The normalized spacial score (nSPS) is 15.5. The highest BCUT2D eigenvalue weighted by molar-refractivity contribution is 5.94. The van der Waals surface area contributed by atoms with E-state index in [1.54, 1.807) is 6.07 Å². The lowest BCUT2D eigenvalue weighted by atomic mass is 10.1. The van der Waals surface area contributed by atoms with Crippen LogP contribution in [0.25, 0.3) is 0 Å². The fourth-order valence-electron chi connectivity index (χ4n) is 2.07. The van der Waals surface area contributed by atoms with Gasteiger partial charge >= 0.3 is 6.18 Å². The monoisotopic (exact) mass is 312 g/mol. The van der Waals surface area contributed by atoms with Gasteiger partial charge in [-0.25, -0.2) is 4.98 Å². The smallest absolute Gasteiger partial charge is 0.416 e. The fraction of sp³-hybridized carbons (Fsp3) is 0.286. The van der Waals surface area contributed by atoms with Crippen molar-refractivity contribution in [3.05, 3.63) is 48.0 Å². The number of furan rings is 1. The molecule has 1 aliphatic heterocycles. The number of pyridine rings is 1. The van der Waals surface area contributed by atoms with Crippen molar-refractivity contribution < 1.29 is 27.1 Å². The van der Waals surface area contributed by atoms with E-state index in [1.165, 1.54) is 17.4 Å². The second-order valence-electron chi connectivity index (χ2n) is 4.84. The van der Waals surface area contributed by atoms with Gasteiger partial charge in [0.1, 0.15) is 12.4 Å². The Morgan fingerprint density at radius 3 is 2.77 bits per heavy atom. The van der Waals surface area contributed by atoms with Crippen molar-refractivity contribution >= 4 is 5.91 Å². The van der Waals surface area contributed by atoms with Crippen molar-refractivity contribution in [3.8, 4) is 5.88 Å². The summed E-state index contributed by atoms with van der Waals surface area (Å²) in [6, 6.07) is 3.27. The number of likely N-dealkylation sites (tertiary alicyclic amines) is 1. The zero-order chi connectivity index (χ0) is 15.7. The van der Waals surface area contributed by atoms with Gasteiger partial charge in [0.05, 0.1) is 30.5 Å². The summed E-state index contributed by atoms with van der Waals surface area (Å²) in [5.41, 5.74) is -0.390. The Morgan fingerprint density at radius 2 is 2.14 bits per heavy atom. The van der Waals surface area contributed by atoms with Gasteiger partial charge in [-0.15, -0.1) is 0 Å². The molecule has 1 saturated heterocycles. The summed E-state index contributed by atoms with van der Waals surface area (Å²) < 4.78 is 47.9. The Hall–Kier alpha value is -2.51. The summed E-state index contributed by atoms with van der Waals surface area (Å²) in [4.78, 5) is 17.2. The maximum Gasteiger partial charge on any atom is 0.416 e. The van der Waals surface area contributed by atoms with Crippen LogP contribution < -0.4 is 4.74 Å². The molecule has 116 valence electrons. The van der Waals surface area contributed by atoms with Crippen molar-refractivity contribution in [1.29, 1.82) is 0 Å². The first-order valence-corrected chi connectivity index (χ1v) is 6.45. The van der Waals surface area contributed by atoms with E-state index in [0.29, 0.717) is 18.7 Å². The standard InChI is InChI=1S/C14H11F3N2O3/c15-14(16,17)10-1-3-18-12(5-10)22-11-6-19(7-11)13(20)9-2-4-21-8-9/h1-5,8,11H,6-7H2. The predicted octanol–water partition coefficient (Wildman–Crippen LogP) is 2.60. The Kier molecular flexibility index (Phi) is 3.51. The molecular formula is C14H11F3N2O3. The van der Waals surface area contributed by atoms with Crippen molar-refractivity contribution in [3.63, 3.8) is 0 Å². The third-order valence-corrected chi connectivity index (χ3v) is 3.25. The molecular weight excluding hydrogens is 301 g/mol. The van der Waals surface area contributed by atoms with Crippen LogP contribution in [0.1, 0.15) is 15.9 Å². The summed E-state index contributed by atoms with van der Waals surface area (Å²) in [5, 5.41) is 0. The van der Waals surface area contributed by atoms with Gasteiger partial charge < -0.3 is 14.1 Å². The van der Waals surface area contributed by atoms with Gasteiger partial charge in [0, 0.05) is 12.3 Å². The molecule has 0 spiro atoms. The van der Waals surface area contributed by atoms with E-state index >= 15 is 0 Å². The number of amides is 1. The van der Waals surface area contributed by atoms with E-state index in [-0.39, 0.29) is 17.9 Å². The predicted molar refractivity (Wildman–Crippen MR) is 68.3 cm³/mol. The molecule has 1 fully saturated rings. The molecule has 22 heavy (non-hydrogen) atoms. The number of carbonyl (C=O) groups excluding carboxylic acids is 1. The fourth-order valence-corrected chi connectivity index (χ4v) is 2.07. The van der Waals surface area contributed by atoms with Crippen molar-refractivity contribution in [2.24, 2.45) is 0 Å². The summed E-state index contributed by atoms with van der Waals surface area (Å²) in [6.07, 6.45) is -1.03. The summed E-state index contributed by atoms with van der Waals surface area (Å²) in [6.45, 7) is 0.587. The van der Waals surface area contributed by atoms with Gasteiger partial charge in [-0.05, 0) is 12.1 Å². The zero-order valence-electron chi connectivity index (χ0n) is 11.2. The SMILES string of the molecule is O=C(c1ccoc1)N1CC(Oc2cc(C(F)(F)F)ccn2)C1. The van der Waals surface area contributed by atoms with Gasteiger partial charge in [-0.3, -0.25) is 4.79 Å². The van der Waals surface area contributed by atoms with E-state index in [4.69, 9.17) is 9.15 Å². The van der Waals surface area contributed by atoms with Crippen molar-refractivity contribution in [1.82, 2.24) is 9.88 Å². The number of carbonyl (C=O) groups is 1. The zero-order valence-corrected chi connectivity index (χ0v) is 11.2. The Balaban J connectivity index is 1.57. The minimum absolute atomic E-state index is 0.102. The summed E-state index contributed by atoms with van der Waals surface area (Å²) in [7, 11) is 0. The number of ether oxygens (including phenoxy) is 1. The highest BCUT2D eigenvalue weighted by Gasteiger charge is 2.35. The number of alkyl halides is 3. The number of aromatic nitrogens is 1. The quantitative estimate of drug-likeness (QED) is 0.874. The van der Waals surface area contributed by atoms with Gasteiger partial charge in [-0.1, -0.05) is 0 Å². The molecule has 8 heteroatoms. The molecule has 0 saturated carbocycles. The number of hydrogen-bond acceptors (Lipinski definition) is 4. The molecule has 0 bridgehead atoms. The molecule has 5 nitrogen and oxygen atoms in total. The van der Waals surface area contributed by atoms with Gasteiger partial charge in [0.15, 0.2) is 0 Å². The molecule has 2 aromatic heterocycles. The minimum atomic E-state index is -4.44. The second-order valence-corrected chi connectivity index (χ2v) is 4.84. The Morgan fingerprint density at radius 1 is 1.36 bits per heavy atom. The molecule has 2 aromatic rings. The van der Waals surface area contributed by atoms with Crippen LogP contribution in [0.2, 0.25) is 0 Å². The number of nitrogens with zero attached hydrogens (tertiary/aromatic N) is 2. The third-order valence-electron chi connectivity index (χ3n) is 3.25. The molecule has 0 unspecified atom stereocenters. The molecule has 3 rings (SSSR count). The Bertz CT molecular complexity index is 664. The van der Waals surface area contributed by atoms with E-state index < -0.39 is 11.7 Å². The van der Waals surface area contributed by atoms with Crippen LogP contribution >= 0.6 is 0 Å². The maximum absolute atomic E-state index is 12.6. The van der Waals surface area contributed by atoms with Crippen molar-refractivity contribution in [2.75, 3.05) is 13.1 Å². The van der Waals surface area contributed by atoms with Crippen LogP contribution in [-0.2, 0) is 6.18 Å². The number of hydrogen-bond donors (Lipinski definition) is 0. The van der Waals surface area contributed by atoms with Gasteiger partial charge in [0.25, 0.3) is 5.91 Å². The third kappa shape index (κ3) is 2.90. The lowest BCUT2D eigenvalue weighted by Crippen LogP contribution is -2.56. The van der Waals surface area contributed by atoms with Crippen LogP contribution in [0, 0.1) is 0 Å². The largest absolute Gasteiger partial charge is 0.472 e. The molecule has 0 radical (unpaired) electrons. The van der Waals surface area contributed by atoms with Gasteiger partial charge in [0.2, 0.25) is 5.88 Å². The highest BCUT2D eigenvalue weighted by atomic mass is 19.4. The first-order valence-electron chi connectivity index (χ1n) is 6.45. The molecule has 3 heterocycles. The second kappa shape index (κ2) is 5.36. The first kappa shape index (κ1) is 14.4. The summed E-state index contributed by atoms with van der Waals surface area (Å²) in [5.74, 6) is -0.305. The molecule has 0 aliphatic carbocycles. The number of rotatable bonds is 3. The summed E-state index contributed by atoms with van der Waals surface area (Å²) >= 11 is 0. The van der Waals surface area contributed by atoms with E-state index in [1.807, 2.05) is 0 Å². The van der Waals surface area contributed by atoms with Gasteiger partial charge in [-0.2, -0.15) is 13.2 Å².